The second-order valence-corrected chi connectivity index (χ2v) is 12.1. The minimum absolute atomic E-state index is 0.151. The molecule has 0 bridgehead atoms. The number of hydrogen-bond acceptors (Lipinski definition) is 12. The van der Waals surface area contributed by atoms with Crippen molar-refractivity contribution < 1.29 is 60.0 Å². The van der Waals surface area contributed by atoms with Crippen molar-refractivity contribution in [1.29, 1.82) is 0 Å². The van der Waals surface area contributed by atoms with Crippen LogP contribution in [0.15, 0.2) is 0 Å². The Hall–Kier alpha value is -2.44. The van der Waals surface area contributed by atoms with Crippen molar-refractivity contribution in [1.82, 2.24) is 19.6 Å². The van der Waals surface area contributed by atoms with Gasteiger partial charge in [-0.1, -0.05) is 0 Å². The fourth-order valence-electron chi connectivity index (χ4n) is 4.77. The molecule has 8 N–H and O–H groups in total. The predicted octanol–water partition coefficient (Wildman–Crippen LogP) is -2.10. The summed E-state index contributed by atoms with van der Waals surface area (Å²) in [5, 5.41) is 73.3. The molecule has 16 nitrogen and oxygen atoms in total. The molecule has 0 saturated heterocycles. The Balaban J connectivity index is 0. The lowest BCUT2D eigenvalue weighted by Gasteiger charge is -2.26. The first-order chi connectivity index (χ1) is 22.6. The highest BCUT2D eigenvalue weighted by molar-refractivity contribution is 5.78. The third-order valence-electron chi connectivity index (χ3n) is 6.89. The van der Waals surface area contributed by atoms with Crippen molar-refractivity contribution in [2.24, 2.45) is 0 Å². The summed E-state index contributed by atoms with van der Waals surface area (Å²) < 4.78 is 0. The number of amides is 4. The molecule has 0 radical (unpaired) electrons. The molecule has 284 valence electrons. The van der Waals surface area contributed by atoms with E-state index in [-0.39, 0.29) is 128 Å². The van der Waals surface area contributed by atoms with Crippen molar-refractivity contribution in [2.45, 2.75) is 103 Å². The third kappa shape index (κ3) is 25.6. The Morgan fingerprint density at radius 3 is 0.750 bits per heavy atom. The molecule has 0 aliphatic heterocycles. The van der Waals surface area contributed by atoms with Gasteiger partial charge in [0.05, 0.1) is 50.8 Å². The smallest absolute Gasteiger partial charge is 0.222 e. The molecule has 0 heterocycles. The van der Waals surface area contributed by atoms with Crippen LogP contribution in [0.5, 0.6) is 0 Å². The van der Waals surface area contributed by atoms with Crippen LogP contribution in [-0.2, 0) is 19.2 Å². The summed E-state index contributed by atoms with van der Waals surface area (Å²) in [6.45, 7) is 7.17. The molecule has 0 aromatic carbocycles. The van der Waals surface area contributed by atoms with Gasteiger partial charge < -0.3 is 60.5 Å². The number of carbonyl (C=O) groups excluding carboxylic acids is 4. The van der Waals surface area contributed by atoms with Gasteiger partial charge in [0.25, 0.3) is 0 Å². The maximum atomic E-state index is 12.2. The first-order valence-electron chi connectivity index (χ1n) is 16.9. The third-order valence-corrected chi connectivity index (χ3v) is 6.89. The number of nitrogens with zero attached hydrogens (tertiary/aromatic N) is 4. The summed E-state index contributed by atoms with van der Waals surface area (Å²) in [5.41, 5.74) is 0. The van der Waals surface area contributed by atoms with E-state index in [9.17, 15) is 39.6 Å². The highest BCUT2D eigenvalue weighted by Crippen LogP contribution is 2.09. The number of carbonyl (C=O) groups is 4. The number of aliphatic hydroxyl groups excluding tert-OH is 8. The SMILES string of the molecule is CC(O)CN(CC(C)O)C(=O)CCCCC(=O)N(CC(C)O)CC(C)O.O=C(CCCCC(=O)N(CCO)CCO)N(CCO)CCO. The molecule has 0 fully saturated rings. The molecule has 0 saturated carbocycles. The first-order valence-corrected chi connectivity index (χ1v) is 16.9. The number of rotatable bonds is 26. The Kier molecular flexibility index (Phi) is 29.3. The molecule has 0 spiro atoms. The average molecular weight is 697 g/mol. The molecule has 0 aromatic rings. The second kappa shape index (κ2) is 29.5. The van der Waals surface area contributed by atoms with Gasteiger partial charge in [-0.15, -0.1) is 0 Å². The Bertz CT molecular complexity index is 761. The van der Waals surface area contributed by atoms with Crippen LogP contribution < -0.4 is 0 Å². The largest absolute Gasteiger partial charge is 0.395 e. The lowest BCUT2D eigenvalue weighted by molar-refractivity contribution is -0.135. The minimum Gasteiger partial charge on any atom is -0.395 e. The monoisotopic (exact) mass is 696 g/mol. The van der Waals surface area contributed by atoms with Crippen molar-refractivity contribution in [3.05, 3.63) is 0 Å². The molecular formula is C32H64N4O12. The number of aliphatic hydroxyl groups is 8. The van der Waals surface area contributed by atoms with Gasteiger partial charge in [0.2, 0.25) is 23.6 Å². The summed E-state index contributed by atoms with van der Waals surface area (Å²) in [6.07, 6.45) is 0.383. The van der Waals surface area contributed by atoms with Crippen LogP contribution in [0.4, 0.5) is 0 Å². The van der Waals surface area contributed by atoms with Gasteiger partial charge in [0.15, 0.2) is 0 Å². The van der Waals surface area contributed by atoms with E-state index in [2.05, 4.69) is 0 Å². The maximum absolute atomic E-state index is 12.2. The lowest BCUT2D eigenvalue weighted by atomic mass is 10.1. The summed E-state index contributed by atoms with van der Waals surface area (Å²) in [4.78, 5) is 53.8. The van der Waals surface area contributed by atoms with E-state index in [1.165, 1.54) is 19.6 Å². The van der Waals surface area contributed by atoms with E-state index in [0.29, 0.717) is 25.7 Å². The van der Waals surface area contributed by atoms with Crippen LogP contribution in [0.3, 0.4) is 0 Å². The molecular weight excluding hydrogens is 632 g/mol. The van der Waals surface area contributed by atoms with Crippen molar-refractivity contribution in [3.8, 4) is 0 Å². The molecule has 0 aromatic heterocycles. The van der Waals surface area contributed by atoms with Gasteiger partial charge in [-0.25, -0.2) is 0 Å². The van der Waals surface area contributed by atoms with Crippen molar-refractivity contribution >= 4 is 23.6 Å². The second-order valence-electron chi connectivity index (χ2n) is 12.1. The van der Waals surface area contributed by atoms with Crippen LogP contribution >= 0.6 is 0 Å². The van der Waals surface area contributed by atoms with Crippen LogP contribution in [0.25, 0.3) is 0 Å². The van der Waals surface area contributed by atoms with Gasteiger partial charge in [-0.2, -0.15) is 0 Å². The highest BCUT2D eigenvalue weighted by atomic mass is 16.3. The fraction of sp³-hybridized carbons (Fsp3) is 0.875. The average Bonchev–Trinajstić information content (AvgIpc) is 2.99. The van der Waals surface area contributed by atoms with E-state index in [0.717, 1.165) is 0 Å². The molecule has 48 heavy (non-hydrogen) atoms. The van der Waals surface area contributed by atoms with Crippen LogP contribution in [-0.4, -0.2) is 187 Å². The van der Waals surface area contributed by atoms with Gasteiger partial charge in [-0.05, 0) is 53.4 Å². The molecule has 0 rings (SSSR count). The summed E-state index contributed by atoms with van der Waals surface area (Å²) in [7, 11) is 0. The number of hydrogen-bond donors (Lipinski definition) is 8. The summed E-state index contributed by atoms with van der Waals surface area (Å²) in [5.74, 6) is -0.635. The quantitative estimate of drug-likeness (QED) is 0.0454. The predicted molar refractivity (Wildman–Crippen MR) is 178 cm³/mol. The molecule has 16 heteroatoms. The van der Waals surface area contributed by atoms with Crippen molar-refractivity contribution in [3.63, 3.8) is 0 Å². The zero-order valence-electron chi connectivity index (χ0n) is 29.5. The van der Waals surface area contributed by atoms with Gasteiger partial charge in [0.1, 0.15) is 0 Å². The molecule has 0 aliphatic rings. The fourth-order valence-corrected chi connectivity index (χ4v) is 4.77. The van der Waals surface area contributed by atoms with Crippen LogP contribution in [0.2, 0.25) is 0 Å². The topological polar surface area (TPSA) is 243 Å². The van der Waals surface area contributed by atoms with Gasteiger partial charge in [0, 0.05) is 78.0 Å². The Morgan fingerprint density at radius 1 is 0.396 bits per heavy atom. The molecule has 4 unspecified atom stereocenters. The van der Waals surface area contributed by atoms with Gasteiger partial charge in [-0.3, -0.25) is 19.2 Å². The Labute approximate surface area is 285 Å². The normalized spacial score (nSPS) is 13.4. The zero-order chi connectivity index (χ0) is 37.1. The summed E-state index contributed by atoms with van der Waals surface area (Å²) >= 11 is 0. The number of unbranched alkanes of at least 4 members (excludes halogenated alkanes) is 2. The van der Waals surface area contributed by atoms with Crippen LogP contribution in [0, 0.1) is 0 Å². The lowest BCUT2D eigenvalue weighted by Crippen LogP contribution is -2.41. The van der Waals surface area contributed by atoms with E-state index in [1.54, 1.807) is 27.7 Å². The molecule has 4 amide bonds. The van der Waals surface area contributed by atoms with E-state index < -0.39 is 24.4 Å². The summed E-state index contributed by atoms with van der Waals surface area (Å²) in [6, 6.07) is 0. The van der Waals surface area contributed by atoms with Crippen LogP contribution in [0.1, 0.15) is 79.1 Å². The van der Waals surface area contributed by atoms with E-state index in [4.69, 9.17) is 20.4 Å². The zero-order valence-corrected chi connectivity index (χ0v) is 29.5. The highest BCUT2D eigenvalue weighted by Gasteiger charge is 2.20. The first kappa shape index (κ1) is 47.7. The Morgan fingerprint density at radius 2 is 0.583 bits per heavy atom. The van der Waals surface area contributed by atoms with Crippen molar-refractivity contribution in [2.75, 3.05) is 78.8 Å². The maximum Gasteiger partial charge on any atom is 0.222 e. The van der Waals surface area contributed by atoms with Gasteiger partial charge >= 0.3 is 0 Å². The van der Waals surface area contributed by atoms with E-state index >= 15 is 0 Å². The molecule has 4 atom stereocenters. The molecule has 0 aliphatic carbocycles. The van der Waals surface area contributed by atoms with E-state index in [1.807, 2.05) is 0 Å². The standard InChI is InChI=1S/C18H36N2O6.C14H28N2O6/c1-13(21)9-19(10-14(2)22)17(25)7-5-6-8-18(26)20(11-15(3)23)12-16(4)24;17-9-5-15(6-10-18)13(21)3-1-2-4-14(22)16(7-11-19)8-12-20/h13-16,21-24H,5-12H2,1-4H3;17-20H,1-12H2. The minimum atomic E-state index is -0.672.